The van der Waals surface area contributed by atoms with E-state index in [-0.39, 0.29) is 18.1 Å². The Balaban J connectivity index is 1.09. The number of amides is 1. The van der Waals surface area contributed by atoms with Crippen molar-refractivity contribution in [2.45, 2.75) is 50.9 Å². The maximum atomic E-state index is 13.0. The van der Waals surface area contributed by atoms with Crippen molar-refractivity contribution in [1.29, 1.82) is 5.26 Å². The molecule has 0 aromatic heterocycles. The molecular weight excluding hydrogens is 543 g/mol. The van der Waals surface area contributed by atoms with Gasteiger partial charge in [0, 0.05) is 50.9 Å². The number of carbonyl (C=O) groups excluding carboxylic acids is 1. The molecule has 6 nitrogen and oxygen atoms in total. The number of halogens is 2. The Morgan fingerprint density at radius 3 is 1.98 bits per heavy atom. The molecule has 8 heteroatoms. The van der Waals surface area contributed by atoms with Gasteiger partial charge in [-0.15, -0.1) is 0 Å². The van der Waals surface area contributed by atoms with E-state index in [9.17, 15) is 4.79 Å². The summed E-state index contributed by atoms with van der Waals surface area (Å²) in [5, 5.41) is 12.9. The highest BCUT2D eigenvalue weighted by atomic mass is 35.5. The van der Waals surface area contributed by atoms with Crippen LogP contribution in [0.4, 0.5) is 0 Å². The van der Waals surface area contributed by atoms with Crippen LogP contribution in [-0.2, 0) is 13.1 Å². The number of ether oxygens (including phenoxy) is 1. The molecule has 1 N–H and O–H groups in total. The number of rotatable bonds is 8. The number of benzene rings is 3. The number of nitriles is 1. The predicted octanol–water partition coefficient (Wildman–Crippen LogP) is 6.30. The molecule has 5 rings (SSSR count). The van der Waals surface area contributed by atoms with Crippen LogP contribution in [0.1, 0.15) is 52.7 Å². The van der Waals surface area contributed by atoms with Crippen LogP contribution < -0.4 is 10.1 Å². The van der Waals surface area contributed by atoms with Crippen molar-refractivity contribution >= 4 is 29.1 Å². The Morgan fingerprint density at radius 2 is 1.40 bits per heavy atom. The molecule has 40 heavy (non-hydrogen) atoms. The smallest absolute Gasteiger partial charge is 0.251 e. The first kappa shape index (κ1) is 28.4. The van der Waals surface area contributed by atoms with Crippen molar-refractivity contribution in [1.82, 2.24) is 15.1 Å². The Bertz CT molecular complexity index is 1300. The van der Waals surface area contributed by atoms with E-state index in [0.29, 0.717) is 26.9 Å². The lowest BCUT2D eigenvalue weighted by molar-refractivity contribution is 0.0908. The molecule has 208 valence electrons. The average molecular weight is 578 g/mol. The van der Waals surface area contributed by atoms with Gasteiger partial charge < -0.3 is 10.1 Å². The van der Waals surface area contributed by atoms with Crippen LogP contribution in [0, 0.1) is 11.3 Å². The fraction of sp³-hybridized carbons (Fsp3) is 0.375. The highest BCUT2D eigenvalue weighted by Crippen LogP contribution is 2.36. The summed E-state index contributed by atoms with van der Waals surface area (Å²) in [7, 11) is 0. The van der Waals surface area contributed by atoms with Crippen LogP contribution in [0.25, 0.3) is 0 Å². The van der Waals surface area contributed by atoms with E-state index in [1.165, 1.54) is 11.1 Å². The lowest BCUT2D eigenvalue weighted by Gasteiger charge is -2.33. The Hall–Kier alpha value is -3.08. The van der Waals surface area contributed by atoms with Gasteiger partial charge in [0.1, 0.15) is 6.10 Å². The van der Waals surface area contributed by atoms with Gasteiger partial charge in [-0.25, -0.2) is 0 Å². The van der Waals surface area contributed by atoms with E-state index in [0.717, 1.165) is 65.0 Å². The van der Waals surface area contributed by atoms with E-state index in [2.05, 4.69) is 45.5 Å². The molecule has 0 atom stereocenters. The van der Waals surface area contributed by atoms with Gasteiger partial charge >= 0.3 is 0 Å². The largest absolute Gasteiger partial charge is 0.487 e. The zero-order chi connectivity index (χ0) is 27.9. The summed E-state index contributed by atoms with van der Waals surface area (Å²) in [4.78, 5) is 17.8. The van der Waals surface area contributed by atoms with Crippen LogP contribution in [0.3, 0.4) is 0 Å². The van der Waals surface area contributed by atoms with Crippen molar-refractivity contribution in [2.24, 2.45) is 0 Å². The molecule has 0 bridgehead atoms. The summed E-state index contributed by atoms with van der Waals surface area (Å²) in [6.45, 7) is 5.45. The molecule has 2 heterocycles. The SMILES string of the molecule is N#Cc1ccc(CN2CCC(Oc3c(Cl)cc(C(=O)NC4CCN(Cc5ccccc5)CC4)cc3Cl)CC2)cc1. The Labute approximate surface area is 246 Å². The van der Waals surface area contributed by atoms with Gasteiger partial charge in [-0.05, 0) is 61.1 Å². The van der Waals surface area contributed by atoms with Crippen LogP contribution >= 0.6 is 23.2 Å². The molecule has 0 radical (unpaired) electrons. The summed E-state index contributed by atoms with van der Waals surface area (Å²) in [6, 6.07) is 23.8. The van der Waals surface area contributed by atoms with E-state index < -0.39 is 0 Å². The summed E-state index contributed by atoms with van der Waals surface area (Å²) in [6.07, 6.45) is 3.53. The topological polar surface area (TPSA) is 68.6 Å². The molecule has 0 aliphatic carbocycles. The highest BCUT2D eigenvalue weighted by molar-refractivity contribution is 6.37. The molecule has 3 aromatic carbocycles. The molecular formula is C32H34Cl2N4O2. The zero-order valence-electron chi connectivity index (χ0n) is 22.5. The molecule has 0 spiro atoms. The summed E-state index contributed by atoms with van der Waals surface area (Å²) in [5.74, 6) is 0.285. The van der Waals surface area contributed by atoms with Gasteiger partial charge in [-0.3, -0.25) is 14.6 Å². The molecule has 2 aliphatic heterocycles. The molecule has 0 saturated carbocycles. The molecule has 2 aliphatic rings. The Morgan fingerprint density at radius 1 is 0.850 bits per heavy atom. The summed E-state index contributed by atoms with van der Waals surface area (Å²) >= 11 is 13.1. The van der Waals surface area contributed by atoms with Crippen LogP contribution in [-0.4, -0.2) is 54.0 Å². The minimum atomic E-state index is -0.159. The second-order valence-electron chi connectivity index (χ2n) is 10.7. The first-order chi connectivity index (χ1) is 19.5. The van der Waals surface area contributed by atoms with E-state index in [1.807, 2.05) is 30.3 Å². The lowest BCUT2D eigenvalue weighted by Crippen LogP contribution is -2.44. The number of likely N-dealkylation sites (tertiary alicyclic amines) is 2. The first-order valence-electron chi connectivity index (χ1n) is 13.9. The number of hydrogen-bond donors (Lipinski definition) is 1. The maximum absolute atomic E-state index is 13.0. The van der Waals surface area contributed by atoms with E-state index in [1.54, 1.807) is 12.1 Å². The highest BCUT2D eigenvalue weighted by Gasteiger charge is 2.25. The summed E-state index contributed by atoms with van der Waals surface area (Å²) < 4.78 is 6.23. The number of carbonyl (C=O) groups is 1. The van der Waals surface area contributed by atoms with Crippen molar-refractivity contribution in [3.8, 4) is 11.8 Å². The third-order valence-electron chi connectivity index (χ3n) is 7.74. The fourth-order valence-corrected chi connectivity index (χ4v) is 6.02. The quantitative estimate of drug-likeness (QED) is 0.340. The fourth-order valence-electron chi connectivity index (χ4n) is 5.44. The zero-order valence-corrected chi connectivity index (χ0v) is 24.0. The third kappa shape index (κ3) is 7.56. The van der Waals surface area contributed by atoms with Gasteiger partial charge in [0.15, 0.2) is 5.75 Å². The second-order valence-corrected chi connectivity index (χ2v) is 11.5. The third-order valence-corrected chi connectivity index (χ3v) is 8.30. The van der Waals surface area contributed by atoms with Gasteiger partial charge in [0.25, 0.3) is 5.91 Å². The standard InChI is InChI=1S/C32H34Cl2N4O2/c33-29-18-26(32(39)36-27-10-14-37(15-11-27)21-24-4-2-1-3-5-24)19-30(34)31(29)40-28-12-16-38(17-13-28)22-25-8-6-23(20-35)7-9-25/h1-9,18-19,27-28H,10-17,21-22H2,(H,36,39). The van der Waals surface area contributed by atoms with Gasteiger partial charge in [0.05, 0.1) is 21.7 Å². The second kappa shape index (κ2) is 13.5. The van der Waals surface area contributed by atoms with Crippen molar-refractivity contribution in [3.05, 3.63) is 99.0 Å². The monoisotopic (exact) mass is 576 g/mol. The Kier molecular flexibility index (Phi) is 9.62. The molecule has 2 fully saturated rings. The van der Waals surface area contributed by atoms with E-state index in [4.69, 9.17) is 33.2 Å². The molecule has 1 amide bonds. The number of nitrogens with zero attached hydrogens (tertiary/aromatic N) is 3. The first-order valence-corrected chi connectivity index (χ1v) is 14.7. The molecule has 2 saturated heterocycles. The molecule has 3 aromatic rings. The minimum Gasteiger partial charge on any atom is -0.487 e. The van der Waals surface area contributed by atoms with Crippen molar-refractivity contribution in [3.63, 3.8) is 0 Å². The summed E-state index contributed by atoms with van der Waals surface area (Å²) in [5.41, 5.74) is 3.63. The predicted molar refractivity (Wildman–Crippen MR) is 159 cm³/mol. The van der Waals surface area contributed by atoms with Crippen LogP contribution in [0.5, 0.6) is 5.75 Å². The van der Waals surface area contributed by atoms with Gasteiger partial charge in [-0.2, -0.15) is 5.26 Å². The van der Waals surface area contributed by atoms with Crippen LogP contribution in [0.2, 0.25) is 10.0 Å². The average Bonchev–Trinajstić information content (AvgIpc) is 2.97. The normalized spacial score (nSPS) is 17.3. The number of piperidine rings is 2. The van der Waals surface area contributed by atoms with Crippen molar-refractivity contribution < 1.29 is 9.53 Å². The van der Waals surface area contributed by atoms with Crippen molar-refractivity contribution in [2.75, 3.05) is 26.2 Å². The lowest BCUT2D eigenvalue weighted by atomic mass is 10.0. The van der Waals surface area contributed by atoms with Gasteiger partial charge in [-0.1, -0.05) is 65.7 Å². The molecule has 0 unspecified atom stereocenters. The maximum Gasteiger partial charge on any atom is 0.251 e. The minimum absolute atomic E-state index is 0.00737. The number of nitrogens with one attached hydrogen (secondary N) is 1. The number of hydrogen-bond acceptors (Lipinski definition) is 5. The van der Waals surface area contributed by atoms with Crippen LogP contribution in [0.15, 0.2) is 66.7 Å². The van der Waals surface area contributed by atoms with Gasteiger partial charge in [0.2, 0.25) is 0 Å². The van der Waals surface area contributed by atoms with E-state index >= 15 is 0 Å².